The van der Waals surface area contributed by atoms with Crippen LogP contribution in [0, 0.1) is 0 Å². The van der Waals surface area contributed by atoms with Crippen LogP contribution in [0.25, 0.3) is 11.3 Å². The Labute approximate surface area is 168 Å². The summed E-state index contributed by atoms with van der Waals surface area (Å²) in [5, 5.41) is 9.83. The molecule has 0 bridgehead atoms. The second kappa shape index (κ2) is 8.12. The first-order valence-electron chi connectivity index (χ1n) is 8.31. The lowest BCUT2D eigenvalue weighted by Crippen LogP contribution is -2.13. The number of aromatic nitrogens is 2. The van der Waals surface area contributed by atoms with Crippen molar-refractivity contribution in [1.29, 1.82) is 0 Å². The van der Waals surface area contributed by atoms with Crippen molar-refractivity contribution < 1.29 is 9.59 Å². The van der Waals surface area contributed by atoms with E-state index in [2.05, 4.69) is 20.6 Å². The number of carbonyl (C=O) groups excluding carboxylic acids is 2. The Hall–Kier alpha value is -3.36. The van der Waals surface area contributed by atoms with Crippen LogP contribution in [0.2, 0.25) is 0 Å². The first kappa shape index (κ1) is 18.0. The van der Waals surface area contributed by atoms with E-state index < -0.39 is 0 Å². The lowest BCUT2D eigenvalue weighted by molar-refractivity contribution is 0.102. The first-order valence-corrected chi connectivity index (χ1v) is 10.1. The fourth-order valence-corrected chi connectivity index (χ4v) is 3.79. The van der Waals surface area contributed by atoms with E-state index in [4.69, 9.17) is 0 Å². The van der Waals surface area contributed by atoms with Crippen LogP contribution in [0.5, 0.6) is 0 Å². The molecule has 0 fully saturated rings. The third kappa shape index (κ3) is 4.13. The van der Waals surface area contributed by atoms with E-state index in [0.29, 0.717) is 21.3 Å². The van der Waals surface area contributed by atoms with Gasteiger partial charge in [0.2, 0.25) is 0 Å². The van der Waals surface area contributed by atoms with E-state index in [0.717, 1.165) is 11.3 Å². The fourth-order valence-electron chi connectivity index (χ4n) is 2.45. The molecule has 0 aliphatic rings. The number of thiophene rings is 1. The summed E-state index contributed by atoms with van der Waals surface area (Å²) in [7, 11) is 0. The molecule has 0 atom stereocenters. The van der Waals surface area contributed by atoms with Crippen LogP contribution in [-0.4, -0.2) is 21.8 Å². The van der Waals surface area contributed by atoms with Gasteiger partial charge in [-0.25, -0.2) is 4.98 Å². The van der Waals surface area contributed by atoms with Gasteiger partial charge in [-0.3, -0.25) is 19.9 Å². The molecular weight excluding hydrogens is 392 g/mol. The van der Waals surface area contributed by atoms with Crippen LogP contribution in [0.4, 0.5) is 10.8 Å². The molecule has 0 spiro atoms. The molecule has 2 amide bonds. The Morgan fingerprint density at radius 1 is 0.893 bits per heavy atom. The summed E-state index contributed by atoms with van der Waals surface area (Å²) in [6, 6.07) is 14.1. The smallest absolute Gasteiger partial charge is 0.265 e. The lowest BCUT2D eigenvalue weighted by Gasteiger charge is -2.05. The van der Waals surface area contributed by atoms with Gasteiger partial charge in [0, 0.05) is 34.6 Å². The van der Waals surface area contributed by atoms with Gasteiger partial charge in [-0.1, -0.05) is 6.07 Å². The molecule has 0 radical (unpaired) electrons. The summed E-state index contributed by atoms with van der Waals surface area (Å²) in [5.74, 6) is -0.430. The number of benzene rings is 1. The second-order valence-electron chi connectivity index (χ2n) is 5.74. The van der Waals surface area contributed by atoms with Crippen molar-refractivity contribution in [1.82, 2.24) is 9.97 Å². The number of nitrogens with one attached hydrogen (secondary N) is 2. The van der Waals surface area contributed by atoms with Crippen LogP contribution in [0.15, 0.2) is 71.7 Å². The van der Waals surface area contributed by atoms with Crippen molar-refractivity contribution in [3.05, 3.63) is 82.1 Å². The lowest BCUT2D eigenvalue weighted by atomic mass is 10.2. The highest BCUT2D eigenvalue weighted by atomic mass is 32.1. The first-order chi connectivity index (χ1) is 13.7. The summed E-state index contributed by atoms with van der Waals surface area (Å²) in [4.78, 5) is 33.6. The summed E-state index contributed by atoms with van der Waals surface area (Å²) < 4.78 is 0. The Morgan fingerprint density at radius 3 is 2.46 bits per heavy atom. The van der Waals surface area contributed by atoms with Gasteiger partial charge in [0.1, 0.15) is 0 Å². The van der Waals surface area contributed by atoms with Crippen molar-refractivity contribution in [2.24, 2.45) is 0 Å². The molecule has 3 aromatic heterocycles. The van der Waals surface area contributed by atoms with Crippen molar-refractivity contribution in [3.8, 4) is 11.3 Å². The third-order valence-corrected chi connectivity index (χ3v) is 5.46. The molecule has 6 nitrogen and oxygen atoms in total. The number of nitrogens with zero attached hydrogens (tertiary/aromatic N) is 2. The quantitative estimate of drug-likeness (QED) is 0.500. The van der Waals surface area contributed by atoms with Crippen LogP contribution >= 0.6 is 22.7 Å². The molecule has 0 saturated heterocycles. The molecule has 0 saturated carbocycles. The zero-order valence-corrected chi connectivity index (χ0v) is 16.1. The zero-order chi connectivity index (χ0) is 19.3. The predicted octanol–water partition coefficient (Wildman–Crippen LogP) is 4.77. The molecule has 4 aromatic rings. The van der Waals surface area contributed by atoms with E-state index in [1.165, 1.54) is 22.7 Å². The van der Waals surface area contributed by atoms with Crippen LogP contribution < -0.4 is 10.6 Å². The number of thiazole rings is 1. The Kier molecular flexibility index (Phi) is 5.22. The van der Waals surface area contributed by atoms with Crippen molar-refractivity contribution in [2.45, 2.75) is 0 Å². The predicted molar refractivity (Wildman–Crippen MR) is 112 cm³/mol. The van der Waals surface area contributed by atoms with Gasteiger partial charge in [-0.2, -0.15) is 0 Å². The van der Waals surface area contributed by atoms with Crippen LogP contribution in [-0.2, 0) is 0 Å². The van der Waals surface area contributed by atoms with Crippen molar-refractivity contribution >= 4 is 45.3 Å². The van der Waals surface area contributed by atoms with E-state index in [-0.39, 0.29) is 11.8 Å². The fraction of sp³-hybridized carbons (Fsp3) is 0. The summed E-state index contributed by atoms with van der Waals surface area (Å²) in [5.41, 5.74) is 2.76. The van der Waals surface area contributed by atoms with Crippen LogP contribution in [0.1, 0.15) is 20.0 Å². The molecule has 28 heavy (non-hydrogen) atoms. The van der Waals surface area contributed by atoms with Gasteiger partial charge >= 0.3 is 0 Å². The highest BCUT2D eigenvalue weighted by Crippen LogP contribution is 2.24. The van der Waals surface area contributed by atoms with Gasteiger partial charge in [0.05, 0.1) is 10.6 Å². The van der Waals surface area contributed by atoms with Crippen molar-refractivity contribution in [2.75, 3.05) is 10.6 Å². The number of hydrogen-bond donors (Lipinski definition) is 2. The maximum absolute atomic E-state index is 12.4. The standard InChI is InChI=1S/C20H14N4O2S2/c25-18(24-20-23-16(12-28-20)14-3-1-9-21-11-14)13-5-7-15(8-6-13)22-19(26)17-4-2-10-27-17/h1-12H,(H,22,26)(H,23,24,25). The van der Waals surface area contributed by atoms with E-state index in [1.54, 1.807) is 42.7 Å². The highest BCUT2D eigenvalue weighted by molar-refractivity contribution is 7.14. The van der Waals surface area contributed by atoms with Crippen molar-refractivity contribution in [3.63, 3.8) is 0 Å². The summed E-state index contributed by atoms with van der Waals surface area (Å²) in [6.07, 6.45) is 3.43. The molecule has 1 aromatic carbocycles. The molecule has 138 valence electrons. The summed E-state index contributed by atoms with van der Waals surface area (Å²) >= 11 is 2.72. The maximum Gasteiger partial charge on any atom is 0.265 e. The largest absolute Gasteiger partial charge is 0.321 e. The minimum absolute atomic E-state index is 0.169. The summed E-state index contributed by atoms with van der Waals surface area (Å²) in [6.45, 7) is 0. The Morgan fingerprint density at radius 2 is 1.75 bits per heavy atom. The van der Waals surface area contributed by atoms with Gasteiger partial charge in [0.25, 0.3) is 11.8 Å². The van der Waals surface area contributed by atoms with Gasteiger partial charge in [-0.05, 0) is 47.8 Å². The average Bonchev–Trinajstić information content (AvgIpc) is 3.41. The average molecular weight is 406 g/mol. The SMILES string of the molecule is O=C(Nc1nc(-c2cccnc2)cs1)c1ccc(NC(=O)c2cccs2)cc1. The zero-order valence-electron chi connectivity index (χ0n) is 14.5. The van der Waals surface area contributed by atoms with E-state index >= 15 is 0 Å². The third-order valence-electron chi connectivity index (χ3n) is 3.83. The second-order valence-corrected chi connectivity index (χ2v) is 7.55. The number of amides is 2. The molecule has 0 unspecified atom stereocenters. The monoisotopic (exact) mass is 406 g/mol. The molecule has 3 heterocycles. The van der Waals surface area contributed by atoms with Gasteiger partial charge in [0.15, 0.2) is 5.13 Å². The topological polar surface area (TPSA) is 84.0 Å². The van der Waals surface area contributed by atoms with Gasteiger partial charge < -0.3 is 5.32 Å². The van der Waals surface area contributed by atoms with Crippen LogP contribution in [0.3, 0.4) is 0 Å². The molecule has 8 heteroatoms. The molecular formula is C20H14N4O2S2. The van der Waals surface area contributed by atoms with Gasteiger partial charge in [-0.15, -0.1) is 22.7 Å². The number of pyridine rings is 1. The Balaban J connectivity index is 1.40. The normalized spacial score (nSPS) is 10.4. The highest BCUT2D eigenvalue weighted by Gasteiger charge is 2.11. The number of hydrogen-bond acceptors (Lipinski definition) is 6. The molecule has 4 rings (SSSR count). The minimum atomic E-state index is -0.261. The number of carbonyl (C=O) groups is 2. The molecule has 0 aliphatic heterocycles. The Bertz CT molecular complexity index is 1090. The van der Waals surface area contributed by atoms with E-state index in [9.17, 15) is 9.59 Å². The number of rotatable bonds is 5. The molecule has 2 N–H and O–H groups in total. The van der Waals surface area contributed by atoms with E-state index in [1.807, 2.05) is 29.0 Å². The number of anilines is 2. The minimum Gasteiger partial charge on any atom is -0.321 e. The maximum atomic E-state index is 12.4. The molecule has 0 aliphatic carbocycles.